The Hall–Kier alpha value is -1.16. The van der Waals surface area contributed by atoms with Gasteiger partial charge in [0.25, 0.3) is 0 Å². The lowest BCUT2D eigenvalue weighted by Crippen LogP contribution is -2.39. The second-order valence-electron chi connectivity index (χ2n) is 5.57. The van der Waals surface area contributed by atoms with Crippen LogP contribution in [0.15, 0.2) is 12.1 Å². The van der Waals surface area contributed by atoms with Crippen molar-refractivity contribution in [2.45, 2.75) is 27.2 Å². The van der Waals surface area contributed by atoms with E-state index in [1.807, 2.05) is 19.1 Å². The third-order valence-corrected chi connectivity index (χ3v) is 3.65. The average molecular weight is 263 g/mol. The first-order valence-corrected chi connectivity index (χ1v) is 6.90. The smallest absolute Gasteiger partial charge is 0.129 e. The highest BCUT2D eigenvalue weighted by Crippen LogP contribution is 2.25. The molecule has 0 spiro atoms. The molecule has 2 atom stereocenters. The van der Waals surface area contributed by atoms with Gasteiger partial charge >= 0.3 is 0 Å². The van der Waals surface area contributed by atoms with Gasteiger partial charge in [-0.25, -0.2) is 4.98 Å². The summed E-state index contributed by atoms with van der Waals surface area (Å²) in [6.45, 7) is 8.72. The van der Waals surface area contributed by atoms with Crippen LogP contribution in [0.1, 0.15) is 31.5 Å². The molecule has 0 saturated carbocycles. The predicted molar refractivity (Wildman–Crippen MR) is 80.0 cm³/mol. The van der Waals surface area contributed by atoms with E-state index in [0.717, 1.165) is 30.2 Å². The summed E-state index contributed by atoms with van der Waals surface area (Å²) in [6.07, 6.45) is 1.30. The third kappa shape index (κ3) is 2.99. The number of aromatic nitrogens is 1. The van der Waals surface area contributed by atoms with Gasteiger partial charge < -0.3 is 10.6 Å². The molecule has 1 fully saturated rings. The summed E-state index contributed by atoms with van der Waals surface area (Å²) in [5.74, 6) is 2.44. The van der Waals surface area contributed by atoms with Crippen LogP contribution in [-0.2, 0) is 0 Å². The summed E-state index contributed by atoms with van der Waals surface area (Å²) in [5.41, 5.74) is 7.61. The first-order valence-electron chi connectivity index (χ1n) is 6.49. The number of hydrogen-bond acceptors (Lipinski definition) is 3. The fourth-order valence-electron chi connectivity index (χ4n) is 2.81. The molecule has 2 rings (SSSR count). The van der Waals surface area contributed by atoms with E-state index in [4.69, 9.17) is 18.0 Å². The van der Waals surface area contributed by atoms with Gasteiger partial charge in [-0.15, -0.1) is 0 Å². The van der Waals surface area contributed by atoms with Gasteiger partial charge in [0, 0.05) is 24.3 Å². The number of nitrogens with zero attached hydrogens (tertiary/aromatic N) is 2. The van der Waals surface area contributed by atoms with Crippen LogP contribution in [0.25, 0.3) is 0 Å². The Bertz CT molecular complexity index is 448. The molecular weight excluding hydrogens is 242 g/mol. The third-order valence-electron chi connectivity index (χ3n) is 3.42. The molecule has 1 aromatic rings. The first-order chi connectivity index (χ1) is 8.45. The minimum absolute atomic E-state index is 0.444. The lowest BCUT2D eigenvalue weighted by Gasteiger charge is -2.36. The van der Waals surface area contributed by atoms with Crippen LogP contribution < -0.4 is 10.6 Å². The second-order valence-corrected chi connectivity index (χ2v) is 6.01. The molecule has 0 aliphatic carbocycles. The Kier molecular flexibility index (Phi) is 3.85. The molecular formula is C14H21N3S. The topological polar surface area (TPSA) is 42.1 Å². The minimum Gasteiger partial charge on any atom is -0.389 e. The van der Waals surface area contributed by atoms with Gasteiger partial charge in [-0.1, -0.05) is 26.1 Å². The van der Waals surface area contributed by atoms with E-state index < -0.39 is 0 Å². The summed E-state index contributed by atoms with van der Waals surface area (Å²) >= 11 is 5.06. The van der Waals surface area contributed by atoms with Crippen molar-refractivity contribution in [2.24, 2.45) is 17.6 Å². The Morgan fingerprint density at radius 3 is 2.50 bits per heavy atom. The summed E-state index contributed by atoms with van der Waals surface area (Å²) in [6, 6.07) is 3.96. The molecule has 1 aliphatic rings. The van der Waals surface area contributed by atoms with E-state index in [1.165, 1.54) is 6.42 Å². The normalized spacial score (nSPS) is 24.1. The lowest BCUT2D eigenvalue weighted by molar-refractivity contribution is 0.355. The summed E-state index contributed by atoms with van der Waals surface area (Å²) in [4.78, 5) is 7.42. The molecule has 0 bridgehead atoms. The Balaban J connectivity index is 2.29. The Morgan fingerprint density at radius 2 is 1.94 bits per heavy atom. The van der Waals surface area contributed by atoms with Crippen LogP contribution in [0.2, 0.25) is 0 Å². The number of aryl methyl sites for hydroxylation is 1. The molecule has 1 aliphatic heterocycles. The number of pyridine rings is 1. The van der Waals surface area contributed by atoms with Crippen molar-refractivity contribution in [3.63, 3.8) is 0 Å². The number of anilines is 1. The largest absolute Gasteiger partial charge is 0.389 e. The Morgan fingerprint density at radius 1 is 1.33 bits per heavy atom. The van der Waals surface area contributed by atoms with Crippen molar-refractivity contribution in [3.05, 3.63) is 23.4 Å². The van der Waals surface area contributed by atoms with Gasteiger partial charge in [0.1, 0.15) is 10.8 Å². The molecule has 0 amide bonds. The zero-order valence-electron chi connectivity index (χ0n) is 11.3. The van der Waals surface area contributed by atoms with Gasteiger partial charge in [0.2, 0.25) is 0 Å². The maximum atomic E-state index is 5.72. The van der Waals surface area contributed by atoms with E-state index in [2.05, 4.69) is 23.7 Å². The zero-order valence-corrected chi connectivity index (χ0v) is 12.1. The second kappa shape index (κ2) is 5.22. The van der Waals surface area contributed by atoms with Gasteiger partial charge in [-0.05, 0) is 37.3 Å². The van der Waals surface area contributed by atoms with E-state index in [1.54, 1.807) is 0 Å². The highest BCUT2D eigenvalue weighted by molar-refractivity contribution is 7.80. The Labute approximate surface area is 114 Å². The molecule has 1 aromatic heterocycles. The maximum Gasteiger partial charge on any atom is 0.129 e. The van der Waals surface area contributed by atoms with Gasteiger partial charge in [0.15, 0.2) is 0 Å². The van der Waals surface area contributed by atoms with Crippen molar-refractivity contribution >= 4 is 23.0 Å². The lowest BCUT2D eigenvalue weighted by atomic mass is 9.92. The van der Waals surface area contributed by atoms with Gasteiger partial charge in [-0.3, -0.25) is 0 Å². The van der Waals surface area contributed by atoms with Crippen LogP contribution >= 0.6 is 12.2 Å². The molecule has 98 valence electrons. The maximum absolute atomic E-state index is 5.72. The number of rotatable bonds is 2. The molecule has 18 heavy (non-hydrogen) atoms. The number of hydrogen-bond donors (Lipinski definition) is 1. The SMILES string of the molecule is Cc1cc(C(N)=S)cc(N2CC(C)CC(C)C2)n1. The number of thiocarbonyl (C=S) groups is 1. The first kappa shape index (κ1) is 13.3. The molecule has 3 nitrogen and oxygen atoms in total. The fourth-order valence-corrected chi connectivity index (χ4v) is 2.92. The highest BCUT2D eigenvalue weighted by Gasteiger charge is 2.23. The van der Waals surface area contributed by atoms with E-state index >= 15 is 0 Å². The zero-order chi connectivity index (χ0) is 13.3. The fraction of sp³-hybridized carbons (Fsp3) is 0.571. The van der Waals surface area contributed by atoms with Crippen molar-refractivity contribution in [1.29, 1.82) is 0 Å². The summed E-state index contributed by atoms with van der Waals surface area (Å²) in [7, 11) is 0. The molecule has 4 heteroatoms. The molecule has 0 radical (unpaired) electrons. The summed E-state index contributed by atoms with van der Waals surface area (Å²) in [5, 5.41) is 0. The van der Waals surface area contributed by atoms with Crippen molar-refractivity contribution in [1.82, 2.24) is 4.98 Å². The summed E-state index contributed by atoms with van der Waals surface area (Å²) < 4.78 is 0. The van der Waals surface area contributed by atoms with Crippen molar-refractivity contribution in [3.8, 4) is 0 Å². The van der Waals surface area contributed by atoms with E-state index in [0.29, 0.717) is 16.8 Å². The van der Waals surface area contributed by atoms with Crippen LogP contribution in [-0.4, -0.2) is 23.1 Å². The molecule has 0 aromatic carbocycles. The van der Waals surface area contributed by atoms with Gasteiger partial charge in [-0.2, -0.15) is 0 Å². The van der Waals surface area contributed by atoms with Gasteiger partial charge in [0.05, 0.1) is 0 Å². The standard InChI is InChI=1S/C14H21N3S/c1-9-4-10(2)8-17(7-9)13-6-12(14(15)18)5-11(3)16-13/h5-6,9-10H,4,7-8H2,1-3H3,(H2,15,18). The molecule has 1 saturated heterocycles. The molecule has 2 N–H and O–H groups in total. The average Bonchev–Trinajstić information content (AvgIpc) is 2.26. The van der Waals surface area contributed by atoms with Crippen LogP contribution in [0.5, 0.6) is 0 Å². The molecule has 2 heterocycles. The predicted octanol–water partition coefficient (Wildman–Crippen LogP) is 2.51. The number of piperidine rings is 1. The van der Waals surface area contributed by atoms with Crippen LogP contribution in [0, 0.1) is 18.8 Å². The monoisotopic (exact) mass is 263 g/mol. The van der Waals surface area contributed by atoms with Crippen LogP contribution in [0.3, 0.4) is 0 Å². The minimum atomic E-state index is 0.444. The van der Waals surface area contributed by atoms with E-state index in [-0.39, 0.29) is 0 Å². The van der Waals surface area contributed by atoms with Crippen molar-refractivity contribution in [2.75, 3.05) is 18.0 Å². The quantitative estimate of drug-likeness (QED) is 0.833. The van der Waals surface area contributed by atoms with Crippen LogP contribution in [0.4, 0.5) is 5.82 Å². The van der Waals surface area contributed by atoms with E-state index in [9.17, 15) is 0 Å². The highest BCUT2D eigenvalue weighted by atomic mass is 32.1. The van der Waals surface area contributed by atoms with Crippen molar-refractivity contribution < 1.29 is 0 Å². The number of nitrogens with two attached hydrogens (primary N) is 1. The molecule has 2 unspecified atom stereocenters.